The smallest absolute Gasteiger partial charge is 0.173 e. The molecule has 3 rings (SSSR count). The summed E-state index contributed by atoms with van der Waals surface area (Å²) in [6.45, 7) is 4.01. The van der Waals surface area contributed by atoms with E-state index in [1.807, 2.05) is 6.07 Å². The van der Waals surface area contributed by atoms with Gasteiger partial charge in [0.05, 0.1) is 0 Å². The van der Waals surface area contributed by atoms with E-state index in [0.29, 0.717) is 10.8 Å². The number of nitrogens with one attached hydrogen (secondary N) is 1. The second-order valence-electron chi connectivity index (χ2n) is 5.83. The summed E-state index contributed by atoms with van der Waals surface area (Å²) in [6.07, 6.45) is 0. The molecule has 3 nitrogen and oxygen atoms in total. The molecule has 1 heterocycles. The summed E-state index contributed by atoms with van der Waals surface area (Å²) in [5.74, 6) is -0.491. The van der Waals surface area contributed by atoms with Crippen LogP contribution < -0.4 is 5.32 Å². The third-order valence-corrected chi connectivity index (χ3v) is 4.39. The number of rotatable bonds is 3. The number of benzene rings is 2. The van der Waals surface area contributed by atoms with Gasteiger partial charge in [0, 0.05) is 38.4 Å². The van der Waals surface area contributed by atoms with Crippen molar-refractivity contribution in [1.29, 1.82) is 0 Å². The summed E-state index contributed by atoms with van der Waals surface area (Å²) in [7, 11) is 0. The molecule has 126 valence electrons. The van der Waals surface area contributed by atoms with E-state index in [-0.39, 0.29) is 11.6 Å². The van der Waals surface area contributed by atoms with E-state index in [0.717, 1.165) is 38.3 Å². The zero-order valence-corrected chi connectivity index (χ0v) is 14.0. The Hall–Kier alpha value is -2.05. The molecule has 0 amide bonds. The molecule has 0 saturated carbocycles. The van der Waals surface area contributed by atoms with Crippen LogP contribution in [0.4, 0.5) is 14.5 Å². The molecule has 1 fully saturated rings. The Labute approximate surface area is 145 Å². The maximum absolute atomic E-state index is 13.2. The van der Waals surface area contributed by atoms with E-state index >= 15 is 0 Å². The van der Waals surface area contributed by atoms with Crippen LogP contribution >= 0.6 is 12.2 Å². The zero-order valence-electron chi connectivity index (χ0n) is 13.2. The average molecular weight is 347 g/mol. The van der Waals surface area contributed by atoms with Gasteiger partial charge >= 0.3 is 0 Å². The summed E-state index contributed by atoms with van der Waals surface area (Å²) in [4.78, 5) is 4.35. The standard InChI is InChI=1S/C18H19F2N3S/c19-15-4-1-3-14(11-15)13-22-7-9-23(10-8-22)18(24)21-17-6-2-5-16(20)12-17/h1-6,11-12H,7-10,13H2,(H,21,24). The molecule has 6 heteroatoms. The average Bonchev–Trinajstić information content (AvgIpc) is 2.55. The van der Waals surface area contributed by atoms with Crippen LogP contribution in [0.25, 0.3) is 0 Å². The third kappa shape index (κ3) is 4.49. The minimum absolute atomic E-state index is 0.202. The number of piperazine rings is 1. The van der Waals surface area contributed by atoms with E-state index in [9.17, 15) is 8.78 Å². The first-order chi connectivity index (χ1) is 11.6. The van der Waals surface area contributed by atoms with Crippen LogP contribution in [-0.2, 0) is 6.54 Å². The third-order valence-electron chi connectivity index (χ3n) is 4.03. The lowest BCUT2D eigenvalue weighted by atomic mass is 10.2. The minimum Gasteiger partial charge on any atom is -0.346 e. The highest BCUT2D eigenvalue weighted by Crippen LogP contribution is 2.13. The Morgan fingerprint density at radius 2 is 1.62 bits per heavy atom. The van der Waals surface area contributed by atoms with Crippen molar-refractivity contribution >= 4 is 23.0 Å². The molecule has 0 aliphatic carbocycles. The van der Waals surface area contributed by atoms with Crippen LogP contribution in [0, 0.1) is 11.6 Å². The van der Waals surface area contributed by atoms with Gasteiger partial charge in [-0.05, 0) is 48.1 Å². The van der Waals surface area contributed by atoms with Gasteiger partial charge in [-0.2, -0.15) is 0 Å². The first-order valence-corrected chi connectivity index (χ1v) is 8.29. The van der Waals surface area contributed by atoms with Gasteiger partial charge in [-0.15, -0.1) is 0 Å². The number of thiocarbonyl (C=S) groups is 1. The summed E-state index contributed by atoms with van der Waals surface area (Å²) >= 11 is 5.41. The fourth-order valence-corrected chi connectivity index (χ4v) is 3.07. The first-order valence-electron chi connectivity index (χ1n) is 7.88. The minimum atomic E-state index is -0.289. The summed E-state index contributed by atoms with van der Waals surface area (Å²) < 4.78 is 26.5. The number of anilines is 1. The highest BCUT2D eigenvalue weighted by molar-refractivity contribution is 7.80. The van der Waals surface area contributed by atoms with E-state index in [4.69, 9.17) is 12.2 Å². The predicted octanol–water partition coefficient (Wildman–Crippen LogP) is 3.48. The van der Waals surface area contributed by atoms with E-state index in [2.05, 4.69) is 15.1 Å². The summed E-state index contributed by atoms with van der Waals surface area (Å²) in [5, 5.41) is 3.68. The van der Waals surface area contributed by atoms with Crippen molar-refractivity contribution in [2.75, 3.05) is 31.5 Å². The molecule has 0 unspecified atom stereocenters. The van der Waals surface area contributed by atoms with Crippen molar-refractivity contribution in [2.45, 2.75) is 6.54 Å². The normalized spacial score (nSPS) is 15.3. The van der Waals surface area contributed by atoms with Gasteiger partial charge < -0.3 is 10.2 Å². The van der Waals surface area contributed by atoms with E-state index in [1.54, 1.807) is 24.3 Å². The van der Waals surface area contributed by atoms with E-state index in [1.165, 1.54) is 18.2 Å². The largest absolute Gasteiger partial charge is 0.346 e. The highest BCUT2D eigenvalue weighted by atomic mass is 32.1. The van der Waals surface area contributed by atoms with Crippen molar-refractivity contribution in [1.82, 2.24) is 9.80 Å². The maximum atomic E-state index is 13.2. The predicted molar refractivity (Wildman–Crippen MR) is 95.9 cm³/mol. The number of hydrogen-bond donors (Lipinski definition) is 1. The highest BCUT2D eigenvalue weighted by Gasteiger charge is 2.19. The molecule has 0 atom stereocenters. The quantitative estimate of drug-likeness (QED) is 0.857. The second-order valence-corrected chi connectivity index (χ2v) is 6.22. The van der Waals surface area contributed by atoms with Crippen LogP contribution in [0.15, 0.2) is 48.5 Å². The lowest BCUT2D eigenvalue weighted by Gasteiger charge is -2.36. The summed E-state index contributed by atoms with van der Waals surface area (Å²) in [5.41, 5.74) is 1.63. The number of hydrogen-bond acceptors (Lipinski definition) is 2. The first kappa shape index (κ1) is 16.8. The molecule has 2 aromatic rings. The van der Waals surface area contributed by atoms with Crippen LogP contribution in [-0.4, -0.2) is 41.1 Å². The van der Waals surface area contributed by atoms with Crippen molar-refractivity contribution < 1.29 is 8.78 Å². The Kier molecular flexibility index (Phi) is 5.37. The Bertz CT molecular complexity index is 715. The Balaban J connectivity index is 1.50. The summed E-state index contributed by atoms with van der Waals surface area (Å²) in [6, 6.07) is 13.0. The van der Waals surface area contributed by atoms with Crippen LogP contribution in [0.3, 0.4) is 0 Å². The molecule has 0 aromatic heterocycles. The molecule has 0 spiro atoms. The van der Waals surface area contributed by atoms with Crippen LogP contribution in [0.5, 0.6) is 0 Å². The van der Waals surface area contributed by atoms with Crippen molar-refractivity contribution in [3.05, 3.63) is 65.7 Å². The molecule has 2 aromatic carbocycles. The molecule has 1 aliphatic heterocycles. The van der Waals surface area contributed by atoms with Crippen LogP contribution in [0.2, 0.25) is 0 Å². The fraction of sp³-hybridized carbons (Fsp3) is 0.278. The fourth-order valence-electron chi connectivity index (χ4n) is 2.77. The SMILES string of the molecule is Fc1cccc(CN2CCN(C(=S)Nc3cccc(F)c3)CC2)c1. The van der Waals surface area contributed by atoms with Gasteiger partial charge in [-0.3, -0.25) is 4.90 Å². The Morgan fingerprint density at radius 1 is 0.958 bits per heavy atom. The lowest BCUT2D eigenvalue weighted by molar-refractivity contribution is 0.177. The van der Waals surface area contributed by atoms with Gasteiger partial charge in [0.2, 0.25) is 0 Å². The molecule has 0 radical (unpaired) electrons. The van der Waals surface area contributed by atoms with Gasteiger partial charge in [-0.1, -0.05) is 18.2 Å². The van der Waals surface area contributed by atoms with Crippen molar-refractivity contribution in [3.63, 3.8) is 0 Å². The van der Waals surface area contributed by atoms with Crippen LogP contribution in [0.1, 0.15) is 5.56 Å². The molecule has 0 bridgehead atoms. The zero-order chi connectivity index (χ0) is 16.9. The second kappa shape index (κ2) is 7.68. The Morgan fingerprint density at radius 3 is 2.29 bits per heavy atom. The molecule has 1 saturated heterocycles. The molecule has 1 aliphatic rings. The van der Waals surface area contributed by atoms with Crippen molar-refractivity contribution in [3.8, 4) is 0 Å². The van der Waals surface area contributed by atoms with Gasteiger partial charge in [0.25, 0.3) is 0 Å². The van der Waals surface area contributed by atoms with Crippen molar-refractivity contribution in [2.24, 2.45) is 0 Å². The van der Waals surface area contributed by atoms with Gasteiger partial charge in [0.15, 0.2) is 5.11 Å². The topological polar surface area (TPSA) is 18.5 Å². The number of nitrogens with zero attached hydrogens (tertiary/aromatic N) is 2. The molecular weight excluding hydrogens is 328 g/mol. The van der Waals surface area contributed by atoms with Gasteiger partial charge in [-0.25, -0.2) is 8.78 Å². The van der Waals surface area contributed by atoms with E-state index < -0.39 is 0 Å². The van der Waals surface area contributed by atoms with Gasteiger partial charge in [0.1, 0.15) is 11.6 Å². The molecule has 1 N–H and O–H groups in total. The monoisotopic (exact) mass is 347 g/mol. The maximum Gasteiger partial charge on any atom is 0.173 e. The lowest BCUT2D eigenvalue weighted by Crippen LogP contribution is -2.49. The molecule has 24 heavy (non-hydrogen) atoms. The number of halogens is 2. The molecular formula is C18H19F2N3S.